The molecule has 0 unspecified atom stereocenters. The number of nitrogens with one attached hydrogen (secondary N) is 1. The van der Waals surface area contributed by atoms with Gasteiger partial charge in [-0.15, -0.1) is 45.3 Å². The lowest BCUT2D eigenvalue weighted by molar-refractivity contribution is 1.32. The molecule has 0 saturated heterocycles. The second kappa shape index (κ2) is 9.72. The normalized spacial score (nSPS) is 14.6. The predicted molar refractivity (Wildman–Crippen MR) is 163 cm³/mol. The van der Waals surface area contributed by atoms with E-state index >= 15 is 0 Å². The molecule has 6 aromatic rings. The summed E-state index contributed by atoms with van der Waals surface area (Å²) < 4.78 is 0. The summed E-state index contributed by atoms with van der Waals surface area (Å²) >= 11 is 7.02. The van der Waals surface area contributed by atoms with E-state index in [4.69, 9.17) is 4.99 Å². The molecular weight excluding hydrogens is 529 g/mol. The Morgan fingerprint density at radius 1 is 0.622 bits per heavy atom. The van der Waals surface area contributed by atoms with E-state index in [2.05, 4.69) is 118 Å². The van der Waals surface area contributed by atoms with Crippen molar-refractivity contribution in [3.63, 3.8) is 0 Å². The number of H-pyrrole nitrogens is 1. The number of thiophene rings is 4. The molecule has 5 aromatic heterocycles. The van der Waals surface area contributed by atoms with Crippen molar-refractivity contribution in [2.24, 2.45) is 4.99 Å². The van der Waals surface area contributed by atoms with Crippen LogP contribution in [-0.4, -0.2) is 10.7 Å². The minimum Gasteiger partial charge on any atom is -0.353 e. The number of aromatic nitrogens is 1. The van der Waals surface area contributed by atoms with Crippen molar-refractivity contribution in [2.45, 2.75) is 0 Å². The molecule has 1 aliphatic heterocycles. The van der Waals surface area contributed by atoms with Crippen LogP contribution in [-0.2, 0) is 0 Å². The molecule has 1 N–H and O–H groups in total. The molecule has 7 rings (SSSR count). The summed E-state index contributed by atoms with van der Waals surface area (Å²) in [5.74, 6) is 0. The molecular formula is C31H20N2S4. The molecule has 0 atom stereocenters. The Morgan fingerprint density at radius 2 is 1.24 bits per heavy atom. The average Bonchev–Trinajstić information content (AvgIpc) is 3.77. The lowest BCUT2D eigenvalue weighted by atomic mass is 9.99. The molecule has 0 bridgehead atoms. The van der Waals surface area contributed by atoms with Crippen molar-refractivity contribution in [3.05, 3.63) is 139 Å². The van der Waals surface area contributed by atoms with Crippen LogP contribution in [0.5, 0.6) is 0 Å². The van der Waals surface area contributed by atoms with Gasteiger partial charge in [0.1, 0.15) is 0 Å². The van der Waals surface area contributed by atoms with Crippen LogP contribution in [0.3, 0.4) is 0 Å². The van der Waals surface area contributed by atoms with Crippen molar-refractivity contribution < 1.29 is 0 Å². The molecule has 6 heterocycles. The van der Waals surface area contributed by atoms with E-state index < -0.39 is 0 Å². The Bertz CT molecular complexity index is 1620. The summed E-state index contributed by atoms with van der Waals surface area (Å²) in [6.45, 7) is 0. The van der Waals surface area contributed by atoms with Gasteiger partial charge in [-0.3, -0.25) is 0 Å². The number of allylic oxidation sites excluding steroid dienone is 2. The molecule has 0 spiro atoms. The molecule has 178 valence electrons. The summed E-state index contributed by atoms with van der Waals surface area (Å²) in [5.41, 5.74) is 8.93. The first-order valence-corrected chi connectivity index (χ1v) is 15.4. The smallest absolute Gasteiger partial charge is 0.0896 e. The number of aromatic amines is 1. The maximum Gasteiger partial charge on any atom is 0.0896 e. The molecule has 0 amide bonds. The van der Waals surface area contributed by atoms with E-state index in [9.17, 15) is 0 Å². The SMILES string of the molecule is C1=C(c2cccs2)C(c2cccs2)=N/C1=C(\c1ccccc1)c1cc(-c2cccs2)c(-c2cccs2)[nH]1. The first-order valence-electron chi connectivity index (χ1n) is 11.8. The maximum absolute atomic E-state index is 5.29. The highest BCUT2D eigenvalue weighted by atomic mass is 32.1. The number of nitrogens with zero attached hydrogens (tertiary/aromatic N) is 1. The topological polar surface area (TPSA) is 28.1 Å². The van der Waals surface area contributed by atoms with E-state index in [0.29, 0.717) is 0 Å². The number of hydrogen-bond donors (Lipinski definition) is 1. The van der Waals surface area contributed by atoms with Crippen LogP contribution in [0.15, 0.2) is 123 Å². The zero-order valence-electron chi connectivity index (χ0n) is 19.5. The van der Waals surface area contributed by atoms with Crippen molar-refractivity contribution in [1.29, 1.82) is 0 Å². The minimum absolute atomic E-state index is 0.981. The largest absolute Gasteiger partial charge is 0.353 e. The van der Waals surface area contributed by atoms with Crippen molar-refractivity contribution >= 4 is 62.2 Å². The van der Waals surface area contributed by atoms with Crippen molar-refractivity contribution in [2.75, 3.05) is 0 Å². The van der Waals surface area contributed by atoms with Gasteiger partial charge < -0.3 is 4.98 Å². The second-order valence-electron chi connectivity index (χ2n) is 8.53. The van der Waals surface area contributed by atoms with E-state index in [1.54, 1.807) is 45.3 Å². The quantitative estimate of drug-likeness (QED) is 0.214. The highest BCUT2D eigenvalue weighted by molar-refractivity contribution is 7.15. The van der Waals surface area contributed by atoms with E-state index in [-0.39, 0.29) is 0 Å². The van der Waals surface area contributed by atoms with Crippen molar-refractivity contribution in [1.82, 2.24) is 4.98 Å². The average molecular weight is 549 g/mol. The maximum atomic E-state index is 5.29. The van der Waals surface area contributed by atoms with Gasteiger partial charge >= 0.3 is 0 Å². The highest BCUT2D eigenvalue weighted by Crippen LogP contribution is 2.42. The van der Waals surface area contributed by atoms with Gasteiger partial charge in [0, 0.05) is 32.2 Å². The molecule has 0 radical (unpaired) electrons. The van der Waals surface area contributed by atoms with Crippen LogP contribution < -0.4 is 0 Å². The number of aliphatic imine (C=N–C) groups is 1. The van der Waals surface area contributed by atoms with Gasteiger partial charge in [-0.05, 0) is 63.5 Å². The van der Waals surface area contributed by atoms with Gasteiger partial charge in [-0.2, -0.15) is 0 Å². The summed E-state index contributed by atoms with van der Waals surface area (Å²) in [4.78, 5) is 14.0. The zero-order valence-corrected chi connectivity index (χ0v) is 22.8. The highest BCUT2D eigenvalue weighted by Gasteiger charge is 2.25. The molecule has 1 aromatic carbocycles. The van der Waals surface area contributed by atoms with Gasteiger partial charge in [-0.1, -0.05) is 54.6 Å². The Balaban J connectivity index is 1.49. The molecule has 6 heteroatoms. The lowest BCUT2D eigenvalue weighted by Gasteiger charge is -2.08. The third-order valence-electron chi connectivity index (χ3n) is 6.27. The third-order valence-corrected chi connectivity index (χ3v) is 9.84. The van der Waals surface area contributed by atoms with Gasteiger partial charge in [0.2, 0.25) is 0 Å². The second-order valence-corrected chi connectivity index (χ2v) is 12.3. The van der Waals surface area contributed by atoms with Gasteiger partial charge in [0.15, 0.2) is 0 Å². The van der Waals surface area contributed by atoms with Gasteiger partial charge in [0.05, 0.1) is 26.9 Å². The molecule has 0 fully saturated rings. The molecule has 2 nitrogen and oxygen atoms in total. The summed E-state index contributed by atoms with van der Waals surface area (Å²) in [6, 6.07) is 30.1. The number of benzene rings is 1. The molecule has 0 aliphatic carbocycles. The van der Waals surface area contributed by atoms with Crippen LogP contribution in [0.2, 0.25) is 0 Å². The van der Waals surface area contributed by atoms with E-state index in [1.807, 2.05) is 0 Å². The summed E-state index contributed by atoms with van der Waals surface area (Å²) in [6.07, 6.45) is 2.26. The number of hydrogen-bond acceptors (Lipinski definition) is 5. The van der Waals surface area contributed by atoms with E-state index in [1.165, 1.54) is 30.6 Å². The van der Waals surface area contributed by atoms with Crippen LogP contribution in [0.4, 0.5) is 0 Å². The molecule has 0 saturated carbocycles. The van der Waals surface area contributed by atoms with Crippen LogP contribution in [0, 0.1) is 0 Å². The fraction of sp³-hybridized carbons (Fsp3) is 0. The first kappa shape index (κ1) is 22.6. The Kier molecular flexibility index (Phi) is 5.95. The lowest BCUT2D eigenvalue weighted by Crippen LogP contribution is -1.97. The summed E-state index contributed by atoms with van der Waals surface area (Å²) in [7, 11) is 0. The van der Waals surface area contributed by atoms with Crippen LogP contribution >= 0.6 is 45.3 Å². The van der Waals surface area contributed by atoms with Crippen LogP contribution in [0.1, 0.15) is 21.0 Å². The van der Waals surface area contributed by atoms with Gasteiger partial charge in [0.25, 0.3) is 0 Å². The van der Waals surface area contributed by atoms with E-state index in [0.717, 1.165) is 33.9 Å². The van der Waals surface area contributed by atoms with Crippen LogP contribution in [0.25, 0.3) is 32.2 Å². The summed E-state index contributed by atoms with van der Waals surface area (Å²) in [5, 5.41) is 8.53. The van der Waals surface area contributed by atoms with Crippen molar-refractivity contribution in [3.8, 4) is 21.0 Å². The molecule has 1 aliphatic rings. The third kappa shape index (κ3) is 4.22. The Hall–Kier alpha value is -3.55. The first-order chi connectivity index (χ1) is 18.3. The zero-order chi connectivity index (χ0) is 24.6. The number of rotatable bonds is 6. The monoisotopic (exact) mass is 548 g/mol. The standard InChI is InChI=1S/C31H20N2S4/c1-2-8-20(9-3-1)29(23-18-21(25-10-4-14-34-25)30(32-23)27-12-6-16-36-27)24-19-22(26-11-5-15-35-26)31(33-24)28-13-7-17-37-28/h1-19,32H/b29-24+. The Morgan fingerprint density at radius 3 is 1.89 bits per heavy atom. The predicted octanol–water partition coefficient (Wildman–Crippen LogP) is 9.94. The molecule has 37 heavy (non-hydrogen) atoms. The fourth-order valence-corrected chi connectivity index (χ4v) is 7.60. The minimum atomic E-state index is 0.981. The van der Waals surface area contributed by atoms with Gasteiger partial charge in [-0.25, -0.2) is 4.99 Å². The fourth-order valence-electron chi connectivity index (χ4n) is 4.64. The Labute approximate surface area is 231 Å².